The summed E-state index contributed by atoms with van der Waals surface area (Å²) >= 11 is 5.92. The van der Waals surface area contributed by atoms with Gasteiger partial charge < -0.3 is 21.0 Å². The predicted molar refractivity (Wildman–Crippen MR) is 76.3 cm³/mol. The van der Waals surface area contributed by atoms with E-state index >= 15 is 0 Å². The van der Waals surface area contributed by atoms with Crippen molar-refractivity contribution in [3.8, 4) is 5.75 Å². The van der Waals surface area contributed by atoms with Crippen LogP contribution in [0.25, 0.3) is 0 Å². The normalized spacial score (nSPS) is 17.2. The number of benzene rings is 1. The topological polar surface area (TPSA) is 96.9 Å². The van der Waals surface area contributed by atoms with Crippen LogP contribution >= 0.6 is 11.6 Å². The van der Waals surface area contributed by atoms with E-state index in [0.29, 0.717) is 29.3 Å². The zero-order chi connectivity index (χ0) is 14.8. The number of hydrogen-bond donors (Lipinski definition) is 3. The van der Waals surface area contributed by atoms with Gasteiger partial charge in [0.05, 0.1) is 12.1 Å². The minimum atomic E-state index is -0.915. The molecule has 0 aromatic heterocycles. The molecule has 108 valence electrons. The Labute approximate surface area is 121 Å². The van der Waals surface area contributed by atoms with Crippen molar-refractivity contribution in [1.82, 2.24) is 0 Å². The summed E-state index contributed by atoms with van der Waals surface area (Å²) in [4.78, 5) is 12.3. The lowest BCUT2D eigenvalue weighted by Crippen LogP contribution is -2.51. The van der Waals surface area contributed by atoms with E-state index in [4.69, 9.17) is 27.3 Å². The van der Waals surface area contributed by atoms with Crippen molar-refractivity contribution < 1.29 is 14.7 Å². The highest BCUT2D eigenvalue weighted by Gasteiger charge is 2.48. The molecule has 1 amide bonds. The molecule has 1 aliphatic carbocycles. The van der Waals surface area contributed by atoms with Gasteiger partial charge in [0.1, 0.15) is 11.2 Å². The summed E-state index contributed by atoms with van der Waals surface area (Å²) in [6, 6.07) is 4.92. The smallest absolute Gasteiger partial charge is 0.238 e. The van der Waals surface area contributed by atoms with Gasteiger partial charge in [-0.05, 0) is 25.0 Å². The van der Waals surface area contributed by atoms with Gasteiger partial charge in [0.2, 0.25) is 5.91 Å². The fourth-order valence-corrected chi connectivity index (χ4v) is 2.41. The number of amides is 1. The maximum atomic E-state index is 12.3. The number of halogens is 1. The number of amidine groups is 1. The average molecular weight is 298 g/mol. The number of carbonyl (C=O) groups is 1. The number of anilines is 1. The Morgan fingerprint density at radius 2 is 2.25 bits per heavy atom. The minimum Gasteiger partial charge on any atom is -0.495 e. The molecular formula is C13H16ClN3O3. The van der Waals surface area contributed by atoms with Gasteiger partial charge in [-0.3, -0.25) is 4.79 Å². The van der Waals surface area contributed by atoms with E-state index in [9.17, 15) is 4.79 Å². The molecule has 0 saturated heterocycles. The number of hydrogen-bond acceptors (Lipinski definition) is 4. The second-order valence-corrected chi connectivity index (χ2v) is 5.13. The summed E-state index contributed by atoms with van der Waals surface area (Å²) in [5.41, 5.74) is 5.28. The number of rotatable bonds is 4. The van der Waals surface area contributed by atoms with Crippen molar-refractivity contribution >= 4 is 29.0 Å². The highest BCUT2D eigenvalue weighted by molar-refractivity contribution is 6.32. The van der Waals surface area contributed by atoms with Gasteiger partial charge in [-0.1, -0.05) is 23.2 Å². The molecule has 4 N–H and O–H groups in total. The number of methoxy groups -OCH3 is 1. The molecule has 20 heavy (non-hydrogen) atoms. The Bertz CT molecular complexity index is 556. The monoisotopic (exact) mass is 297 g/mol. The lowest BCUT2D eigenvalue weighted by Gasteiger charge is -2.38. The lowest BCUT2D eigenvalue weighted by atomic mass is 9.67. The Balaban J connectivity index is 2.19. The van der Waals surface area contributed by atoms with Crippen molar-refractivity contribution in [1.29, 1.82) is 0 Å². The molecule has 0 atom stereocenters. The molecule has 0 spiro atoms. The third-order valence-corrected chi connectivity index (χ3v) is 3.96. The van der Waals surface area contributed by atoms with Crippen molar-refractivity contribution in [3.63, 3.8) is 0 Å². The van der Waals surface area contributed by atoms with Crippen molar-refractivity contribution in [2.75, 3.05) is 12.4 Å². The second kappa shape index (κ2) is 5.58. The first-order valence-corrected chi connectivity index (χ1v) is 6.54. The number of nitrogens with two attached hydrogens (primary N) is 1. The standard InChI is InChI=1S/C13H16ClN3O3/c1-20-10-7-8(3-4-9(10)14)16-12(18)13(5-2-6-13)11(15)17-19/h3-4,7,19H,2,5-6H2,1H3,(H2,15,17)(H,16,18). The Morgan fingerprint density at radius 3 is 2.75 bits per heavy atom. The summed E-state index contributed by atoms with van der Waals surface area (Å²) in [6.45, 7) is 0. The van der Waals surface area contributed by atoms with Gasteiger partial charge in [-0.2, -0.15) is 0 Å². The molecule has 2 rings (SSSR count). The van der Waals surface area contributed by atoms with E-state index in [-0.39, 0.29) is 11.7 Å². The summed E-state index contributed by atoms with van der Waals surface area (Å²) < 4.78 is 5.09. The SMILES string of the molecule is COc1cc(NC(=O)C2(/C(N)=N/O)CCC2)ccc1Cl. The summed E-state index contributed by atoms with van der Waals surface area (Å²) in [6.07, 6.45) is 2.01. The van der Waals surface area contributed by atoms with E-state index in [0.717, 1.165) is 6.42 Å². The fourth-order valence-electron chi connectivity index (χ4n) is 2.21. The summed E-state index contributed by atoms with van der Waals surface area (Å²) in [7, 11) is 1.50. The van der Waals surface area contributed by atoms with E-state index < -0.39 is 5.41 Å². The van der Waals surface area contributed by atoms with Gasteiger partial charge in [0.25, 0.3) is 0 Å². The summed E-state index contributed by atoms with van der Waals surface area (Å²) in [5, 5.41) is 15.0. The van der Waals surface area contributed by atoms with E-state index in [1.165, 1.54) is 7.11 Å². The second-order valence-electron chi connectivity index (χ2n) is 4.72. The van der Waals surface area contributed by atoms with Gasteiger partial charge in [0.15, 0.2) is 5.84 Å². The third kappa shape index (κ3) is 2.38. The first-order chi connectivity index (χ1) is 9.53. The molecule has 0 unspecified atom stereocenters. The van der Waals surface area contributed by atoms with Crippen LogP contribution in [-0.2, 0) is 4.79 Å². The first kappa shape index (κ1) is 14.5. The Kier molecular flexibility index (Phi) is 4.04. The predicted octanol–water partition coefficient (Wildman–Crippen LogP) is 2.20. The number of nitrogens with zero attached hydrogens (tertiary/aromatic N) is 1. The van der Waals surface area contributed by atoms with E-state index in [1.54, 1.807) is 18.2 Å². The summed E-state index contributed by atoms with van der Waals surface area (Å²) in [5.74, 6) is 0.126. The minimum absolute atomic E-state index is 0.0535. The number of oxime groups is 1. The van der Waals surface area contributed by atoms with Gasteiger partial charge in [0, 0.05) is 11.8 Å². The Morgan fingerprint density at radius 1 is 1.55 bits per heavy atom. The van der Waals surface area contributed by atoms with Gasteiger partial charge >= 0.3 is 0 Å². The number of nitrogens with one attached hydrogen (secondary N) is 1. The van der Waals surface area contributed by atoms with Crippen LogP contribution in [0.4, 0.5) is 5.69 Å². The molecule has 1 aromatic rings. The maximum Gasteiger partial charge on any atom is 0.238 e. The molecule has 0 radical (unpaired) electrons. The molecule has 1 saturated carbocycles. The van der Waals surface area contributed by atoms with Crippen LogP contribution in [0.2, 0.25) is 5.02 Å². The molecule has 1 aromatic carbocycles. The molecular weight excluding hydrogens is 282 g/mol. The van der Waals surface area contributed by atoms with Crippen LogP contribution in [0.1, 0.15) is 19.3 Å². The van der Waals surface area contributed by atoms with Crippen LogP contribution in [0, 0.1) is 5.41 Å². The van der Waals surface area contributed by atoms with Crippen molar-refractivity contribution in [2.24, 2.45) is 16.3 Å². The van der Waals surface area contributed by atoms with E-state index in [2.05, 4.69) is 10.5 Å². The van der Waals surface area contributed by atoms with Crippen molar-refractivity contribution in [3.05, 3.63) is 23.2 Å². The third-order valence-electron chi connectivity index (χ3n) is 3.65. The quantitative estimate of drug-likeness (QED) is 0.343. The number of carbonyl (C=O) groups excluding carboxylic acids is 1. The highest BCUT2D eigenvalue weighted by Crippen LogP contribution is 2.42. The van der Waals surface area contributed by atoms with E-state index in [1.807, 2.05) is 0 Å². The van der Waals surface area contributed by atoms with Crippen LogP contribution < -0.4 is 15.8 Å². The van der Waals surface area contributed by atoms with Crippen LogP contribution in [0.3, 0.4) is 0 Å². The van der Waals surface area contributed by atoms with Crippen LogP contribution in [0.15, 0.2) is 23.4 Å². The molecule has 0 heterocycles. The first-order valence-electron chi connectivity index (χ1n) is 6.16. The zero-order valence-corrected chi connectivity index (χ0v) is 11.8. The zero-order valence-electron chi connectivity index (χ0n) is 11.0. The molecule has 1 fully saturated rings. The van der Waals surface area contributed by atoms with Gasteiger partial charge in [-0.25, -0.2) is 0 Å². The number of ether oxygens (including phenoxy) is 1. The van der Waals surface area contributed by atoms with Crippen molar-refractivity contribution in [2.45, 2.75) is 19.3 Å². The molecule has 0 bridgehead atoms. The highest BCUT2D eigenvalue weighted by atomic mass is 35.5. The maximum absolute atomic E-state index is 12.3. The fraction of sp³-hybridized carbons (Fsp3) is 0.385. The lowest BCUT2D eigenvalue weighted by molar-refractivity contribution is -0.125. The largest absolute Gasteiger partial charge is 0.495 e. The van der Waals surface area contributed by atoms with Crippen LogP contribution in [0.5, 0.6) is 5.75 Å². The molecule has 7 heteroatoms. The van der Waals surface area contributed by atoms with Gasteiger partial charge in [-0.15, -0.1) is 0 Å². The average Bonchev–Trinajstić information content (AvgIpc) is 2.39. The van der Waals surface area contributed by atoms with Crippen LogP contribution in [-0.4, -0.2) is 24.1 Å². The Hall–Kier alpha value is -1.95. The molecule has 6 nitrogen and oxygen atoms in total. The molecule has 1 aliphatic rings. The molecule has 0 aliphatic heterocycles.